The first-order chi connectivity index (χ1) is 18.2. The number of carbonyl (C=O) groups is 1. The average Bonchev–Trinajstić information content (AvgIpc) is 3.04. The van der Waals surface area contributed by atoms with Crippen molar-refractivity contribution in [2.45, 2.75) is 56.0 Å². The molecule has 38 heavy (non-hydrogen) atoms. The molecule has 9 heteroatoms. The van der Waals surface area contributed by atoms with Crippen molar-refractivity contribution in [3.63, 3.8) is 0 Å². The molecule has 2 aromatic carbocycles. The van der Waals surface area contributed by atoms with E-state index in [2.05, 4.69) is 24.1 Å². The smallest absolute Gasteiger partial charge is 0.337 e. The van der Waals surface area contributed by atoms with E-state index in [1.54, 1.807) is 19.2 Å². The van der Waals surface area contributed by atoms with Crippen LogP contribution in [-0.4, -0.2) is 50.0 Å². The maximum absolute atomic E-state index is 13.5. The molecule has 1 aromatic heterocycles. The molecule has 0 amide bonds. The topological polar surface area (TPSA) is 115 Å². The number of hydrogen-bond acceptors (Lipinski definition) is 7. The largest absolute Gasteiger partial charge is 0.493 e. The lowest BCUT2D eigenvalue weighted by Crippen LogP contribution is -2.50. The lowest BCUT2D eigenvalue weighted by atomic mass is 9.88. The molecule has 0 saturated carbocycles. The molecule has 0 bridgehead atoms. The first kappa shape index (κ1) is 29.1. The molecule has 0 aliphatic carbocycles. The summed E-state index contributed by atoms with van der Waals surface area (Å²) in [5, 5.41) is 12.1. The molecular weight excluding hydrogens is 504 g/mol. The fourth-order valence-corrected chi connectivity index (χ4v) is 6.81. The maximum Gasteiger partial charge on any atom is 0.337 e. The molecule has 8 nitrogen and oxygen atoms in total. The van der Waals surface area contributed by atoms with Gasteiger partial charge in [-0.3, -0.25) is 10.3 Å². The Labute approximate surface area is 225 Å². The molecule has 0 unspecified atom stereocenters. The van der Waals surface area contributed by atoms with Crippen molar-refractivity contribution >= 4 is 15.8 Å². The quantitative estimate of drug-likeness (QED) is 0.396. The fourth-order valence-electron chi connectivity index (χ4n) is 4.68. The van der Waals surface area contributed by atoms with Crippen molar-refractivity contribution in [3.8, 4) is 11.5 Å². The van der Waals surface area contributed by atoms with Crippen LogP contribution >= 0.6 is 0 Å². The molecule has 0 fully saturated rings. The van der Waals surface area contributed by atoms with Crippen LogP contribution in [0.2, 0.25) is 0 Å². The fraction of sp³-hybridized carbons (Fsp3) is 0.379. The molecule has 0 radical (unpaired) electrons. The van der Waals surface area contributed by atoms with Crippen LogP contribution < -0.4 is 14.8 Å². The third-order valence-electron chi connectivity index (χ3n) is 6.81. The number of hydrogen-bond donors (Lipinski definition) is 2. The van der Waals surface area contributed by atoms with Crippen molar-refractivity contribution in [2.75, 3.05) is 20.0 Å². The Morgan fingerprint density at radius 3 is 2.29 bits per heavy atom. The van der Waals surface area contributed by atoms with Gasteiger partial charge in [0.25, 0.3) is 0 Å². The zero-order valence-electron chi connectivity index (χ0n) is 22.3. The first-order valence-electron chi connectivity index (χ1n) is 12.6. The van der Waals surface area contributed by atoms with E-state index >= 15 is 0 Å². The molecule has 1 aliphatic rings. The van der Waals surface area contributed by atoms with E-state index in [4.69, 9.17) is 14.6 Å². The Bertz CT molecular complexity index is 1320. The minimum Gasteiger partial charge on any atom is -0.493 e. The SMILES string of the molecule is CCCC[C@]1(CC)CS(=O)(=O)c2cc(OC)c(OC)cc2[C@@H](c2ccccc2)N1.O=C(O)c1cccnc1. The molecule has 2 heterocycles. The van der Waals surface area contributed by atoms with E-state index in [0.29, 0.717) is 22.0 Å². The van der Waals surface area contributed by atoms with Crippen molar-refractivity contribution in [3.05, 3.63) is 83.7 Å². The Kier molecular flexibility index (Phi) is 9.88. The minimum atomic E-state index is -3.53. The van der Waals surface area contributed by atoms with Gasteiger partial charge in [0.2, 0.25) is 0 Å². The van der Waals surface area contributed by atoms with E-state index in [9.17, 15) is 13.2 Å². The molecule has 4 rings (SSSR count). The molecule has 3 aromatic rings. The third kappa shape index (κ3) is 6.71. The van der Waals surface area contributed by atoms with Crippen LogP contribution in [0.1, 0.15) is 67.1 Å². The highest BCUT2D eigenvalue weighted by Gasteiger charge is 2.42. The number of rotatable bonds is 8. The highest BCUT2D eigenvalue weighted by atomic mass is 32.2. The summed E-state index contributed by atoms with van der Waals surface area (Å²) in [5.41, 5.74) is 1.47. The number of carboxylic acid groups (broad SMARTS) is 1. The van der Waals surface area contributed by atoms with Crippen LogP contribution in [0.25, 0.3) is 0 Å². The predicted molar refractivity (Wildman–Crippen MR) is 147 cm³/mol. The maximum atomic E-state index is 13.5. The summed E-state index contributed by atoms with van der Waals surface area (Å²) in [4.78, 5) is 14.1. The van der Waals surface area contributed by atoms with E-state index in [1.165, 1.54) is 25.6 Å². The molecule has 204 valence electrons. The minimum absolute atomic E-state index is 0.0717. The number of carboxylic acids is 1. The number of nitrogens with zero attached hydrogens (tertiary/aromatic N) is 1. The summed E-state index contributed by atoms with van der Waals surface area (Å²) < 4.78 is 38.0. The van der Waals surface area contributed by atoms with E-state index in [1.807, 2.05) is 36.4 Å². The second-order valence-corrected chi connectivity index (χ2v) is 11.2. The summed E-state index contributed by atoms with van der Waals surface area (Å²) in [6, 6.07) is 16.3. The number of fused-ring (bicyclic) bond motifs is 1. The Morgan fingerprint density at radius 2 is 1.76 bits per heavy atom. The molecule has 2 atom stereocenters. The third-order valence-corrected chi connectivity index (χ3v) is 8.76. The van der Waals surface area contributed by atoms with E-state index < -0.39 is 21.3 Å². The van der Waals surface area contributed by atoms with Crippen molar-refractivity contribution in [1.29, 1.82) is 0 Å². The van der Waals surface area contributed by atoms with Gasteiger partial charge in [-0.2, -0.15) is 0 Å². The number of ether oxygens (including phenoxy) is 2. The molecule has 0 saturated heterocycles. The Balaban J connectivity index is 0.000000375. The van der Waals surface area contributed by atoms with Gasteiger partial charge in [-0.1, -0.05) is 57.0 Å². The molecular formula is C29H36N2O6S. The molecule has 1 aliphatic heterocycles. The van der Waals surface area contributed by atoms with Gasteiger partial charge in [-0.15, -0.1) is 0 Å². The average molecular weight is 541 g/mol. The lowest BCUT2D eigenvalue weighted by Gasteiger charge is -2.36. The first-order valence-corrected chi connectivity index (χ1v) is 14.3. The second-order valence-electron chi connectivity index (χ2n) is 9.28. The van der Waals surface area contributed by atoms with E-state index in [0.717, 1.165) is 31.2 Å². The van der Waals surface area contributed by atoms with Crippen molar-refractivity contribution in [2.24, 2.45) is 0 Å². The van der Waals surface area contributed by atoms with Crippen LogP contribution in [0.5, 0.6) is 11.5 Å². The second kappa shape index (κ2) is 12.9. The van der Waals surface area contributed by atoms with Gasteiger partial charge in [0.05, 0.1) is 36.5 Å². The van der Waals surface area contributed by atoms with Gasteiger partial charge in [0.1, 0.15) is 0 Å². The number of nitrogens with one attached hydrogen (secondary N) is 1. The summed E-state index contributed by atoms with van der Waals surface area (Å²) in [6.45, 7) is 4.20. The van der Waals surface area contributed by atoms with Crippen LogP contribution in [0.15, 0.2) is 71.9 Å². The van der Waals surface area contributed by atoms with Gasteiger partial charge in [0.15, 0.2) is 21.3 Å². The predicted octanol–water partition coefficient (Wildman–Crippen LogP) is 5.29. The molecule has 0 spiro atoms. The summed E-state index contributed by atoms with van der Waals surface area (Å²) >= 11 is 0. The number of unbranched alkanes of at least 4 members (excludes halogenated alkanes) is 1. The number of pyridine rings is 1. The number of sulfone groups is 1. The Morgan fingerprint density at radius 1 is 1.08 bits per heavy atom. The van der Waals surface area contributed by atoms with Crippen LogP contribution in [-0.2, 0) is 9.84 Å². The number of benzene rings is 2. The van der Waals surface area contributed by atoms with Gasteiger partial charge in [-0.25, -0.2) is 13.2 Å². The number of aromatic carboxylic acids is 1. The normalized spacial score (nSPS) is 19.7. The number of methoxy groups -OCH3 is 2. The summed E-state index contributed by atoms with van der Waals surface area (Å²) in [6.07, 6.45) is 6.38. The van der Waals surface area contributed by atoms with Crippen LogP contribution in [0.3, 0.4) is 0 Å². The van der Waals surface area contributed by atoms with Gasteiger partial charge >= 0.3 is 5.97 Å². The standard InChI is InChI=1S/C23H31NO4S.C6H5NO2/c1-5-7-13-23(6-2)16-29(25,26)21-15-20(28-4)19(27-3)14-18(21)22(24-23)17-11-9-8-10-12-17;8-6(9)5-2-1-3-7-4-5/h8-12,14-15,22,24H,5-7,13,16H2,1-4H3;1-4H,(H,8,9)/t22-,23-;/m1./s1. The zero-order valence-corrected chi connectivity index (χ0v) is 23.1. The van der Waals surface area contributed by atoms with Gasteiger partial charge < -0.3 is 14.6 Å². The summed E-state index contributed by atoms with van der Waals surface area (Å²) in [5.74, 6) is 0.0894. The molecule has 2 N–H and O–H groups in total. The van der Waals surface area contributed by atoms with Crippen molar-refractivity contribution in [1.82, 2.24) is 10.3 Å². The highest BCUT2D eigenvalue weighted by molar-refractivity contribution is 7.91. The number of aromatic nitrogens is 1. The van der Waals surface area contributed by atoms with Gasteiger partial charge in [0, 0.05) is 24.0 Å². The van der Waals surface area contributed by atoms with Crippen molar-refractivity contribution < 1.29 is 27.8 Å². The van der Waals surface area contributed by atoms with Gasteiger partial charge in [-0.05, 0) is 42.2 Å². The van der Waals surface area contributed by atoms with Crippen LogP contribution in [0.4, 0.5) is 0 Å². The monoisotopic (exact) mass is 540 g/mol. The lowest BCUT2D eigenvalue weighted by molar-refractivity contribution is 0.0696. The Hall–Kier alpha value is -3.43. The summed E-state index contributed by atoms with van der Waals surface area (Å²) in [7, 11) is -0.432. The highest BCUT2D eigenvalue weighted by Crippen LogP contribution is 2.42. The van der Waals surface area contributed by atoms with E-state index in [-0.39, 0.29) is 17.4 Å². The zero-order chi connectivity index (χ0) is 27.8. The van der Waals surface area contributed by atoms with Crippen LogP contribution in [0, 0.1) is 0 Å².